The predicted octanol–water partition coefficient (Wildman–Crippen LogP) is 4.32. The van der Waals surface area contributed by atoms with E-state index in [1.807, 2.05) is 12.3 Å². The Morgan fingerprint density at radius 3 is 2.84 bits per heavy atom. The first kappa shape index (κ1) is 24.7. The molecule has 0 radical (unpaired) electrons. The third kappa shape index (κ3) is 4.39. The minimum Gasteiger partial charge on any atom is -0.364 e. The number of carbonyl (C=O) groups is 1. The van der Waals surface area contributed by atoms with E-state index in [4.69, 9.17) is 4.74 Å². The number of halogens is 2. The lowest BCUT2D eigenvalue weighted by Gasteiger charge is -2.48. The summed E-state index contributed by atoms with van der Waals surface area (Å²) in [7, 11) is 0. The molecular formula is C26H22F2N6O2S. The molecule has 1 amide bonds. The molecule has 0 bridgehead atoms. The smallest absolute Gasteiger partial charge is 0.255 e. The number of aryl methyl sites for hydroxylation is 1. The van der Waals surface area contributed by atoms with Crippen molar-refractivity contribution in [2.75, 3.05) is 13.2 Å². The summed E-state index contributed by atoms with van der Waals surface area (Å²) in [5.74, 6) is -1.85. The van der Waals surface area contributed by atoms with Gasteiger partial charge in [-0.1, -0.05) is 12.1 Å². The summed E-state index contributed by atoms with van der Waals surface area (Å²) in [6, 6.07) is 9.73. The van der Waals surface area contributed by atoms with Crippen molar-refractivity contribution in [3.05, 3.63) is 88.5 Å². The molecular weight excluding hydrogens is 498 g/mol. The van der Waals surface area contributed by atoms with E-state index in [0.29, 0.717) is 21.7 Å². The molecule has 5 rings (SSSR count). The minimum atomic E-state index is -1.38. The highest BCUT2D eigenvalue weighted by Gasteiger charge is 2.49. The molecule has 1 fully saturated rings. The van der Waals surface area contributed by atoms with Crippen molar-refractivity contribution in [2.45, 2.75) is 32.0 Å². The van der Waals surface area contributed by atoms with Crippen LogP contribution in [-0.4, -0.2) is 49.7 Å². The Hall–Kier alpha value is -4.01. The monoisotopic (exact) mass is 520 g/mol. The SMILES string of the molecule is Cc1csc(-c2c(C#N)cccc2C(=O)N2CCOC(Cn3cncn3)(c3ccc(F)cc3F)C2C)n1. The summed E-state index contributed by atoms with van der Waals surface area (Å²) in [5, 5.41) is 16.4. The Kier molecular flexibility index (Phi) is 6.54. The van der Waals surface area contributed by atoms with E-state index in [9.17, 15) is 14.4 Å². The van der Waals surface area contributed by atoms with Gasteiger partial charge in [0.1, 0.15) is 34.9 Å². The second kappa shape index (κ2) is 9.80. The number of aromatic nitrogens is 4. The van der Waals surface area contributed by atoms with Crippen LogP contribution in [0.15, 0.2) is 54.4 Å². The van der Waals surface area contributed by atoms with Gasteiger partial charge in [-0.2, -0.15) is 10.4 Å². The molecule has 37 heavy (non-hydrogen) atoms. The topological polar surface area (TPSA) is 96.9 Å². The second-order valence-corrected chi connectivity index (χ2v) is 9.62. The van der Waals surface area contributed by atoms with Gasteiger partial charge in [0.05, 0.1) is 36.4 Å². The van der Waals surface area contributed by atoms with Crippen LogP contribution >= 0.6 is 11.3 Å². The van der Waals surface area contributed by atoms with Gasteiger partial charge in [0.15, 0.2) is 0 Å². The lowest BCUT2D eigenvalue weighted by molar-refractivity contribution is -0.149. The van der Waals surface area contributed by atoms with Crippen LogP contribution in [0, 0.1) is 29.9 Å². The number of morpholine rings is 1. The zero-order valence-electron chi connectivity index (χ0n) is 20.1. The van der Waals surface area contributed by atoms with Crippen molar-refractivity contribution in [1.82, 2.24) is 24.6 Å². The van der Waals surface area contributed by atoms with E-state index >= 15 is 4.39 Å². The predicted molar refractivity (Wildman–Crippen MR) is 132 cm³/mol. The maximum Gasteiger partial charge on any atom is 0.255 e. The van der Waals surface area contributed by atoms with Gasteiger partial charge in [0.25, 0.3) is 5.91 Å². The van der Waals surface area contributed by atoms with Crippen molar-refractivity contribution in [2.24, 2.45) is 0 Å². The number of nitriles is 1. The molecule has 1 aliphatic rings. The number of hydrogen-bond acceptors (Lipinski definition) is 7. The Morgan fingerprint density at radius 2 is 2.16 bits per heavy atom. The van der Waals surface area contributed by atoms with Gasteiger partial charge in [-0.25, -0.2) is 23.4 Å². The zero-order chi connectivity index (χ0) is 26.2. The van der Waals surface area contributed by atoms with E-state index in [1.54, 1.807) is 30.0 Å². The molecule has 11 heteroatoms. The minimum absolute atomic E-state index is 0.0390. The van der Waals surface area contributed by atoms with E-state index in [-0.39, 0.29) is 31.2 Å². The van der Waals surface area contributed by atoms with E-state index in [1.165, 1.54) is 34.7 Å². The number of benzene rings is 2. The highest BCUT2D eigenvalue weighted by molar-refractivity contribution is 7.13. The Bertz CT molecular complexity index is 1500. The van der Waals surface area contributed by atoms with Gasteiger partial charge in [-0.05, 0) is 32.0 Å². The molecule has 2 aromatic carbocycles. The fraction of sp³-hybridized carbons (Fsp3) is 0.269. The molecule has 4 aromatic rings. The molecule has 0 aliphatic carbocycles. The Labute approximate surface area is 215 Å². The molecule has 0 spiro atoms. The maximum atomic E-state index is 15.2. The van der Waals surface area contributed by atoms with E-state index in [0.717, 1.165) is 17.8 Å². The molecule has 3 heterocycles. The van der Waals surface area contributed by atoms with E-state index in [2.05, 4.69) is 21.1 Å². The molecule has 2 unspecified atom stereocenters. The Morgan fingerprint density at radius 1 is 1.32 bits per heavy atom. The summed E-state index contributed by atoms with van der Waals surface area (Å²) in [5.41, 5.74) is 0.613. The summed E-state index contributed by atoms with van der Waals surface area (Å²) in [6.07, 6.45) is 2.82. The summed E-state index contributed by atoms with van der Waals surface area (Å²) >= 11 is 1.35. The van der Waals surface area contributed by atoms with Crippen LogP contribution in [-0.2, 0) is 16.9 Å². The van der Waals surface area contributed by atoms with Crippen molar-refractivity contribution in [1.29, 1.82) is 5.26 Å². The molecule has 2 atom stereocenters. The molecule has 0 saturated carbocycles. The Balaban J connectivity index is 1.61. The van der Waals surface area contributed by atoms with Crippen molar-refractivity contribution in [3.8, 4) is 16.6 Å². The molecule has 0 N–H and O–H groups in total. The van der Waals surface area contributed by atoms with E-state index < -0.39 is 23.3 Å². The molecule has 188 valence electrons. The molecule has 1 saturated heterocycles. The van der Waals surface area contributed by atoms with Crippen LogP contribution in [0.5, 0.6) is 0 Å². The molecule has 8 nitrogen and oxygen atoms in total. The number of nitrogens with zero attached hydrogens (tertiary/aromatic N) is 6. The first-order chi connectivity index (χ1) is 17.8. The van der Waals surface area contributed by atoms with Gasteiger partial charge in [0.2, 0.25) is 0 Å². The maximum absolute atomic E-state index is 15.2. The van der Waals surface area contributed by atoms with Crippen molar-refractivity contribution in [3.63, 3.8) is 0 Å². The average molecular weight is 521 g/mol. The van der Waals surface area contributed by atoms with Crippen LogP contribution in [0.2, 0.25) is 0 Å². The van der Waals surface area contributed by atoms with Gasteiger partial charge in [-0.3, -0.25) is 4.79 Å². The zero-order valence-corrected chi connectivity index (χ0v) is 20.9. The quantitative estimate of drug-likeness (QED) is 0.389. The van der Waals surface area contributed by atoms with Crippen LogP contribution in [0.25, 0.3) is 10.6 Å². The lowest BCUT2D eigenvalue weighted by Crippen LogP contribution is -2.60. The summed E-state index contributed by atoms with van der Waals surface area (Å²) in [4.78, 5) is 24.2. The number of amides is 1. The highest BCUT2D eigenvalue weighted by atomic mass is 32.1. The summed E-state index contributed by atoms with van der Waals surface area (Å²) in [6.45, 7) is 3.98. The third-order valence-electron chi connectivity index (χ3n) is 6.59. The van der Waals surface area contributed by atoms with Crippen LogP contribution in [0.4, 0.5) is 8.78 Å². The number of rotatable bonds is 5. The number of carbonyl (C=O) groups excluding carboxylic acids is 1. The summed E-state index contributed by atoms with van der Waals surface area (Å²) < 4.78 is 36.7. The van der Waals surface area contributed by atoms with Gasteiger partial charge >= 0.3 is 0 Å². The fourth-order valence-electron chi connectivity index (χ4n) is 4.80. The largest absolute Gasteiger partial charge is 0.364 e. The number of ether oxygens (including phenoxy) is 1. The van der Waals surface area contributed by atoms with Gasteiger partial charge < -0.3 is 9.64 Å². The second-order valence-electron chi connectivity index (χ2n) is 8.76. The average Bonchev–Trinajstić information content (AvgIpc) is 3.56. The lowest BCUT2D eigenvalue weighted by atomic mass is 9.83. The van der Waals surface area contributed by atoms with Crippen molar-refractivity contribution < 1.29 is 18.3 Å². The van der Waals surface area contributed by atoms with Crippen LogP contribution in [0.3, 0.4) is 0 Å². The highest BCUT2D eigenvalue weighted by Crippen LogP contribution is 2.40. The number of hydrogen-bond donors (Lipinski definition) is 0. The number of thiazole rings is 1. The fourth-order valence-corrected chi connectivity index (χ4v) is 5.67. The van der Waals surface area contributed by atoms with Crippen molar-refractivity contribution >= 4 is 17.2 Å². The normalized spacial score (nSPS) is 19.5. The molecule has 2 aromatic heterocycles. The first-order valence-electron chi connectivity index (χ1n) is 11.5. The van der Waals surface area contributed by atoms with Crippen LogP contribution < -0.4 is 0 Å². The third-order valence-corrected chi connectivity index (χ3v) is 7.57. The van der Waals surface area contributed by atoms with Gasteiger partial charge in [0, 0.05) is 34.8 Å². The standard InChI is InChI=1S/C26H22F2N6O2S/c1-16-12-37-24(32-16)23-18(11-29)4-3-5-20(23)25(35)34-8-9-36-26(17(34)2,13-33-15-30-14-31-33)21-7-6-19(27)10-22(21)28/h3-7,10,12,14-15,17H,8-9,13H2,1-2H3. The van der Waals surface area contributed by atoms with Crippen LogP contribution in [0.1, 0.15) is 34.1 Å². The van der Waals surface area contributed by atoms with Gasteiger partial charge in [-0.15, -0.1) is 11.3 Å². The first-order valence-corrected chi connectivity index (χ1v) is 12.4. The molecule has 1 aliphatic heterocycles.